The second-order valence-electron chi connectivity index (χ2n) is 2.74. The van der Waals surface area contributed by atoms with Crippen LogP contribution in [0.1, 0.15) is 5.56 Å². The van der Waals surface area contributed by atoms with Gasteiger partial charge in [-0.1, -0.05) is 0 Å². The molecule has 1 aromatic rings. The summed E-state index contributed by atoms with van der Waals surface area (Å²) in [4.78, 5) is 20.0. The number of carboxylic acids is 1. The van der Waals surface area contributed by atoms with E-state index in [1.54, 1.807) is 0 Å². The van der Waals surface area contributed by atoms with Crippen molar-refractivity contribution in [2.24, 2.45) is 0 Å². The van der Waals surface area contributed by atoms with Gasteiger partial charge in [-0.15, -0.1) is 0 Å². The zero-order valence-corrected chi connectivity index (χ0v) is 7.58. The summed E-state index contributed by atoms with van der Waals surface area (Å²) < 4.78 is 0. The highest BCUT2D eigenvalue weighted by molar-refractivity contribution is 5.86. The maximum Gasteiger partial charge on any atom is 0.328 e. The van der Waals surface area contributed by atoms with Crippen LogP contribution in [-0.4, -0.2) is 16.0 Å². The van der Waals surface area contributed by atoms with Crippen molar-refractivity contribution >= 4 is 23.4 Å². The van der Waals surface area contributed by atoms with Crippen LogP contribution < -0.4 is 5.73 Å². The zero-order valence-electron chi connectivity index (χ0n) is 7.58. The minimum Gasteiger partial charge on any atom is -0.478 e. The number of aliphatic carboxylic acids is 1. The molecule has 0 aliphatic rings. The zero-order chi connectivity index (χ0) is 11.4. The molecular weight excluding hydrogens is 200 g/mol. The standard InChI is InChI=1S/C9H8N2O4/c10-8-5-7(11(14)15)3-1-6(8)2-4-9(12)13/h1-5H,10H2,(H,12,13)/b4-2+. The monoisotopic (exact) mass is 208 g/mol. The average Bonchev–Trinajstić information content (AvgIpc) is 2.15. The summed E-state index contributed by atoms with van der Waals surface area (Å²) in [6, 6.07) is 3.84. The van der Waals surface area contributed by atoms with Crippen molar-refractivity contribution in [3.63, 3.8) is 0 Å². The van der Waals surface area contributed by atoms with Gasteiger partial charge in [-0.25, -0.2) is 4.79 Å². The normalized spacial score (nSPS) is 10.4. The maximum absolute atomic E-state index is 10.4. The third kappa shape index (κ3) is 2.80. The number of rotatable bonds is 3. The van der Waals surface area contributed by atoms with Crippen LogP contribution >= 0.6 is 0 Å². The Hall–Kier alpha value is -2.37. The van der Waals surface area contributed by atoms with E-state index in [9.17, 15) is 14.9 Å². The Morgan fingerprint density at radius 1 is 1.53 bits per heavy atom. The quantitative estimate of drug-likeness (QED) is 0.336. The second kappa shape index (κ2) is 4.23. The molecule has 3 N–H and O–H groups in total. The Labute approximate surface area is 84.8 Å². The van der Waals surface area contributed by atoms with Crippen LogP contribution in [0.3, 0.4) is 0 Å². The maximum atomic E-state index is 10.4. The number of benzene rings is 1. The molecule has 0 atom stereocenters. The molecule has 0 aromatic heterocycles. The molecule has 0 amide bonds. The van der Waals surface area contributed by atoms with Crippen LogP contribution in [0.25, 0.3) is 6.08 Å². The van der Waals surface area contributed by atoms with Crippen LogP contribution in [0, 0.1) is 10.1 Å². The van der Waals surface area contributed by atoms with E-state index in [0.29, 0.717) is 5.56 Å². The van der Waals surface area contributed by atoms with E-state index in [4.69, 9.17) is 10.8 Å². The molecule has 0 unspecified atom stereocenters. The van der Waals surface area contributed by atoms with Crippen LogP contribution in [0.4, 0.5) is 11.4 Å². The van der Waals surface area contributed by atoms with Gasteiger partial charge in [0.25, 0.3) is 5.69 Å². The summed E-state index contributed by atoms with van der Waals surface area (Å²) in [5, 5.41) is 18.7. The fourth-order valence-corrected chi connectivity index (χ4v) is 0.989. The summed E-state index contributed by atoms with van der Waals surface area (Å²) >= 11 is 0. The molecule has 15 heavy (non-hydrogen) atoms. The fraction of sp³-hybridized carbons (Fsp3) is 0. The lowest BCUT2D eigenvalue weighted by molar-refractivity contribution is -0.384. The first-order chi connectivity index (χ1) is 7.00. The minimum atomic E-state index is -1.10. The highest BCUT2D eigenvalue weighted by Gasteiger charge is 2.06. The van der Waals surface area contributed by atoms with Crippen LogP contribution in [0.2, 0.25) is 0 Å². The SMILES string of the molecule is Nc1cc([N+](=O)[O-])ccc1/C=C/C(=O)O. The molecule has 0 radical (unpaired) electrons. The van der Waals surface area contributed by atoms with Gasteiger partial charge >= 0.3 is 5.97 Å². The van der Waals surface area contributed by atoms with E-state index in [0.717, 1.165) is 6.08 Å². The summed E-state index contributed by atoms with van der Waals surface area (Å²) in [6.45, 7) is 0. The fourth-order valence-electron chi connectivity index (χ4n) is 0.989. The van der Waals surface area contributed by atoms with Crippen LogP contribution in [-0.2, 0) is 4.79 Å². The highest BCUT2D eigenvalue weighted by atomic mass is 16.6. The van der Waals surface area contributed by atoms with Crippen molar-refractivity contribution in [2.45, 2.75) is 0 Å². The number of hydrogen-bond acceptors (Lipinski definition) is 4. The summed E-state index contributed by atoms with van der Waals surface area (Å²) in [6.07, 6.45) is 2.19. The molecule has 0 saturated heterocycles. The number of non-ortho nitro benzene ring substituents is 1. The van der Waals surface area contributed by atoms with E-state index in [2.05, 4.69) is 0 Å². The van der Waals surface area contributed by atoms with Gasteiger partial charge < -0.3 is 10.8 Å². The Morgan fingerprint density at radius 3 is 2.67 bits per heavy atom. The van der Waals surface area contributed by atoms with Crippen molar-refractivity contribution < 1.29 is 14.8 Å². The van der Waals surface area contributed by atoms with Gasteiger partial charge in [0.15, 0.2) is 0 Å². The molecule has 6 nitrogen and oxygen atoms in total. The van der Waals surface area contributed by atoms with Gasteiger partial charge in [-0.2, -0.15) is 0 Å². The second-order valence-corrected chi connectivity index (χ2v) is 2.74. The Bertz CT molecular complexity index is 440. The molecule has 0 aliphatic carbocycles. The minimum absolute atomic E-state index is 0.125. The molecule has 6 heteroatoms. The summed E-state index contributed by atoms with van der Waals surface area (Å²) in [5.41, 5.74) is 5.97. The molecule has 0 aliphatic heterocycles. The van der Waals surface area contributed by atoms with E-state index >= 15 is 0 Å². The van der Waals surface area contributed by atoms with Gasteiger partial charge in [0.2, 0.25) is 0 Å². The first-order valence-corrected chi connectivity index (χ1v) is 3.95. The Morgan fingerprint density at radius 2 is 2.20 bits per heavy atom. The number of nitro benzene ring substituents is 1. The molecular formula is C9H8N2O4. The van der Waals surface area contributed by atoms with Gasteiger partial charge in [0.05, 0.1) is 4.92 Å². The van der Waals surface area contributed by atoms with Crippen LogP contribution in [0.15, 0.2) is 24.3 Å². The number of hydrogen-bond donors (Lipinski definition) is 2. The van der Waals surface area contributed by atoms with Gasteiger partial charge in [0, 0.05) is 23.9 Å². The number of nitrogen functional groups attached to an aromatic ring is 1. The highest BCUT2D eigenvalue weighted by Crippen LogP contribution is 2.20. The molecule has 0 fully saturated rings. The van der Waals surface area contributed by atoms with Crippen molar-refractivity contribution in [2.75, 3.05) is 5.73 Å². The molecule has 0 saturated carbocycles. The summed E-state index contributed by atoms with van der Waals surface area (Å²) in [7, 11) is 0. The Kier molecular flexibility index (Phi) is 3.02. The van der Waals surface area contributed by atoms with E-state index in [1.807, 2.05) is 0 Å². The lowest BCUT2D eigenvalue weighted by atomic mass is 10.1. The predicted octanol–water partition coefficient (Wildman–Crippen LogP) is 1.27. The molecule has 0 heterocycles. The molecule has 1 aromatic carbocycles. The predicted molar refractivity (Wildman–Crippen MR) is 54.2 cm³/mol. The van der Waals surface area contributed by atoms with Crippen molar-refractivity contribution in [3.05, 3.63) is 40.0 Å². The van der Waals surface area contributed by atoms with Gasteiger partial charge in [0.1, 0.15) is 0 Å². The number of nitro groups is 1. The number of carboxylic acid groups (broad SMARTS) is 1. The van der Waals surface area contributed by atoms with Crippen LogP contribution in [0.5, 0.6) is 0 Å². The number of nitrogens with zero attached hydrogens (tertiary/aromatic N) is 1. The number of anilines is 1. The third-order valence-electron chi connectivity index (χ3n) is 1.69. The number of carbonyl (C=O) groups is 1. The molecule has 0 bridgehead atoms. The third-order valence-corrected chi connectivity index (χ3v) is 1.69. The Balaban J connectivity index is 3.03. The van der Waals surface area contributed by atoms with Gasteiger partial charge in [-0.3, -0.25) is 10.1 Å². The lowest BCUT2D eigenvalue weighted by Gasteiger charge is -1.99. The molecule has 1 rings (SSSR count). The lowest BCUT2D eigenvalue weighted by Crippen LogP contribution is -1.94. The van der Waals surface area contributed by atoms with E-state index in [-0.39, 0.29) is 11.4 Å². The van der Waals surface area contributed by atoms with Crippen molar-refractivity contribution in [3.8, 4) is 0 Å². The average molecular weight is 208 g/mol. The topological polar surface area (TPSA) is 106 Å². The van der Waals surface area contributed by atoms with Crippen molar-refractivity contribution in [1.29, 1.82) is 0 Å². The molecule has 78 valence electrons. The van der Waals surface area contributed by atoms with E-state index < -0.39 is 10.9 Å². The van der Waals surface area contributed by atoms with E-state index in [1.165, 1.54) is 24.3 Å². The molecule has 0 spiro atoms. The smallest absolute Gasteiger partial charge is 0.328 e. The largest absolute Gasteiger partial charge is 0.478 e. The summed E-state index contributed by atoms with van der Waals surface area (Å²) in [5.74, 6) is -1.10. The first-order valence-electron chi connectivity index (χ1n) is 3.95. The van der Waals surface area contributed by atoms with Gasteiger partial charge in [-0.05, 0) is 17.7 Å². The van der Waals surface area contributed by atoms with Crippen molar-refractivity contribution in [1.82, 2.24) is 0 Å². The number of nitrogens with two attached hydrogens (primary N) is 1. The first kappa shape index (κ1) is 10.7.